The van der Waals surface area contributed by atoms with E-state index in [1.807, 2.05) is 26.0 Å². The summed E-state index contributed by atoms with van der Waals surface area (Å²) in [5.41, 5.74) is 3.40. The molecule has 0 saturated heterocycles. The standard InChI is InChI=1S/C10H10.CH4/c1-4-10-7-8(2)5-6-9(10)3;/h1,5-7H,2-3H3;1H4. The Hall–Kier alpha value is -1.22. The van der Waals surface area contributed by atoms with Gasteiger partial charge in [0.1, 0.15) is 0 Å². The van der Waals surface area contributed by atoms with E-state index in [0.29, 0.717) is 0 Å². The van der Waals surface area contributed by atoms with Crippen LogP contribution >= 0.6 is 0 Å². The Kier molecular flexibility index (Phi) is 3.40. The Morgan fingerprint density at radius 1 is 1.27 bits per heavy atom. The fourth-order valence-electron chi connectivity index (χ4n) is 0.891. The van der Waals surface area contributed by atoms with Crippen molar-refractivity contribution in [2.45, 2.75) is 21.3 Å². The molecule has 0 radical (unpaired) electrons. The summed E-state index contributed by atoms with van der Waals surface area (Å²) in [5.74, 6) is 2.64. The van der Waals surface area contributed by atoms with E-state index >= 15 is 0 Å². The summed E-state index contributed by atoms with van der Waals surface area (Å²) in [6, 6.07) is 6.13. The van der Waals surface area contributed by atoms with Gasteiger partial charge in [-0.05, 0) is 31.0 Å². The van der Waals surface area contributed by atoms with Crippen LogP contribution < -0.4 is 0 Å². The maximum Gasteiger partial charge on any atom is 0.0274 e. The zero-order valence-electron chi connectivity index (χ0n) is 6.31. The van der Waals surface area contributed by atoms with Gasteiger partial charge in [-0.25, -0.2) is 0 Å². The van der Waals surface area contributed by atoms with Crippen LogP contribution in [0.1, 0.15) is 24.1 Å². The maximum atomic E-state index is 5.27. The van der Waals surface area contributed by atoms with Crippen molar-refractivity contribution in [3.63, 3.8) is 0 Å². The van der Waals surface area contributed by atoms with Gasteiger partial charge in [-0.2, -0.15) is 0 Å². The molecule has 58 valence electrons. The molecule has 0 heterocycles. The summed E-state index contributed by atoms with van der Waals surface area (Å²) in [6.45, 7) is 4.06. The first-order valence-electron chi connectivity index (χ1n) is 3.28. The quantitative estimate of drug-likeness (QED) is 0.494. The predicted molar refractivity (Wildman–Crippen MR) is 50.6 cm³/mol. The molecule has 0 atom stereocenters. The fourth-order valence-corrected chi connectivity index (χ4v) is 0.891. The zero-order valence-corrected chi connectivity index (χ0v) is 6.31. The predicted octanol–water partition coefficient (Wildman–Crippen LogP) is 2.92. The highest BCUT2D eigenvalue weighted by molar-refractivity contribution is 5.41. The number of benzene rings is 1. The SMILES string of the molecule is C.C#Cc1cc(C)ccc1C. The van der Waals surface area contributed by atoms with Gasteiger partial charge in [0, 0.05) is 5.56 Å². The zero-order chi connectivity index (χ0) is 7.56. The van der Waals surface area contributed by atoms with Gasteiger partial charge in [0.25, 0.3) is 0 Å². The van der Waals surface area contributed by atoms with Crippen molar-refractivity contribution in [3.05, 3.63) is 34.9 Å². The van der Waals surface area contributed by atoms with Crippen LogP contribution in [0.25, 0.3) is 0 Å². The molecule has 0 heteroatoms. The van der Waals surface area contributed by atoms with E-state index in [9.17, 15) is 0 Å². The molecule has 0 bridgehead atoms. The van der Waals surface area contributed by atoms with E-state index in [0.717, 1.165) is 5.56 Å². The lowest BCUT2D eigenvalue weighted by molar-refractivity contribution is 1.37. The molecular formula is C11H14. The van der Waals surface area contributed by atoms with Gasteiger partial charge in [0.05, 0.1) is 0 Å². The summed E-state index contributed by atoms with van der Waals surface area (Å²) < 4.78 is 0. The smallest absolute Gasteiger partial charge is 0.0274 e. The third kappa shape index (κ3) is 2.13. The molecule has 0 saturated carbocycles. The molecule has 1 rings (SSSR count). The second kappa shape index (κ2) is 3.83. The molecule has 0 amide bonds. The third-order valence-corrected chi connectivity index (χ3v) is 1.55. The lowest BCUT2D eigenvalue weighted by Gasteiger charge is -1.97. The van der Waals surface area contributed by atoms with Gasteiger partial charge >= 0.3 is 0 Å². The highest BCUT2D eigenvalue weighted by Crippen LogP contribution is 2.08. The van der Waals surface area contributed by atoms with Gasteiger partial charge in [0.2, 0.25) is 0 Å². The first-order chi connectivity index (χ1) is 4.74. The van der Waals surface area contributed by atoms with Gasteiger partial charge in [-0.15, -0.1) is 6.42 Å². The lowest BCUT2D eigenvalue weighted by atomic mass is 10.1. The Morgan fingerprint density at radius 3 is 2.36 bits per heavy atom. The highest BCUT2D eigenvalue weighted by Gasteiger charge is 1.92. The monoisotopic (exact) mass is 146 g/mol. The molecule has 1 aromatic rings. The maximum absolute atomic E-state index is 5.27. The van der Waals surface area contributed by atoms with Crippen LogP contribution in [-0.4, -0.2) is 0 Å². The van der Waals surface area contributed by atoms with Gasteiger partial charge in [-0.1, -0.05) is 25.5 Å². The summed E-state index contributed by atoms with van der Waals surface area (Å²) in [6.07, 6.45) is 5.27. The van der Waals surface area contributed by atoms with Gasteiger partial charge in [-0.3, -0.25) is 0 Å². The van der Waals surface area contributed by atoms with Crippen molar-refractivity contribution in [2.24, 2.45) is 0 Å². The van der Waals surface area contributed by atoms with Crippen LogP contribution in [0.5, 0.6) is 0 Å². The minimum absolute atomic E-state index is 0. The number of rotatable bonds is 0. The summed E-state index contributed by atoms with van der Waals surface area (Å²) >= 11 is 0. The molecule has 0 fully saturated rings. The molecule has 11 heavy (non-hydrogen) atoms. The van der Waals surface area contributed by atoms with E-state index in [1.54, 1.807) is 0 Å². The number of hydrogen-bond donors (Lipinski definition) is 0. The fraction of sp³-hybridized carbons (Fsp3) is 0.273. The van der Waals surface area contributed by atoms with Crippen LogP contribution in [0.15, 0.2) is 18.2 Å². The highest BCUT2D eigenvalue weighted by atomic mass is 14.0. The van der Waals surface area contributed by atoms with E-state index in [4.69, 9.17) is 6.42 Å². The molecule has 0 unspecified atom stereocenters. The molecule has 0 aliphatic rings. The average molecular weight is 146 g/mol. The van der Waals surface area contributed by atoms with Gasteiger partial charge in [0.15, 0.2) is 0 Å². The molecule has 0 spiro atoms. The van der Waals surface area contributed by atoms with Crippen molar-refractivity contribution in [3.8, 4) is 12.3 Å². The van der Waals surface area contributed by atoms with Crippen molar-refractivity contribution < 1.29 is 0 Å². The number of aryl methyl sites for hydroxylation is 2. The van der Waals surface area contributed by atoms with Crippen LogP contribution in [-0.2, 0) is 0 Å². The van der Waals surface area contributed by atoms with Crippen molar-refractivity contribution in [1.29, 1.82) is 0 Å². The van der Waals surface area contributed by atoms with E-state index in [2.05, 4.69) is 12.0 Å². The molecule has 1 aromatic carbocycles. The second-order valence-corrected chi connectivity index (χ2v) is 2.46. The van der Waals surface area contributed by atoms with Crippen molar-refractivity contribution in [2.75, 3.05) is 0 Å². The Balaban J connectivity index is 0.000001000. The summed E-state index contributed by atoms with van der Waals surface area (Å²) in [5, 5.41) is 0. The normalized spacial score (nSPS) is 8.09. The molecule has 0 aliphatic carbocycles. The van der Waals surface area contributed by atoms with Crippen LogP contribution in [0.2, 0.25) is 0 Å². The Labute approximate surface area is 69.3 Å². The third-order valence-electron chi connectivity index (χ3n) is 1.55. The second-order valence-electron chi connectivity index (χ2n) is 2.46. The van der Waals surface area contributed by atoms with Gasteiger partial charge < -0.3 is 0 Å². The minimum atomic E-state index is 0. The average Bonchev–Trinajstić information content (AvgIpc) is 1.94. The van der Waals surface area contributed by atoms with E-state index in [-0.39, 0.29) is 7.43 Å². The number of hydrogen-bond acceptors (Lipinski definition) is 0. The molecule has 0 nitrogen and oxygen atoms in total. The lowest BCUT2D eigenvalue weighted by Crippen LogP contribution is -1.81. The van der Waals surface area contributed by atoms with Crippen LogP contribution in [0.4, 0.5) is 0 Å². The first-order valence-corrected chi connectivity index (χ1v) is 3.28. The molecule has 0 N–H and O–H groups in total. The van der Waals surface area contributed by atoms with Crippen LogP contribution in [0.3, 0.4) is 0 Å². The Bertz CT molecular complexity index is 277. The largest absolute Gasteiger partial charge is 0.115 e. The van der Waals surface area contributed by atoms with Crippen LogP contribution in [0, 0.1) is 26.2 Å². The minimum Gasteiger partial charge on any atom is -0.115 e. The molecule has 0 aromatic heterocycles. The first kappa shape index (κ1) is 9.78. The molecule has 0 aliphatic heterocycles. The summed E-state index contributed by atoms with van der Waals surface area (Å²) in [7, 11) is 0. The van der Waals surface area contributed by atoms with E-state index in [1.165, 1.54) is 11.1 Å². The summed E-state index contributed by atoms with van der Waals surface area (Å²) in [4.78, 5) is 0. The topological polar surface area (TPSA) is 0 Å². The Morgan fingerprint density at radius 2 is 1.91 bits per heavy atom. The van der Waals surface area contributed by atoms with Crippen molar-refractivity contribution >= 4 is 0 Å². The molecular weight excluding hydrogens is 132 g/mol. The van der Waals surface area contributed by atoms with Crippen molar-refractivity contribution in [1.82, 2.24) is 0 Å². The van der Waals surface area contributed by atoms with E-state index < -0.39 is 0 Å². The number of terminal acetylenes is 1.